The minimum absolute atomic E-state index is 1.08. The van der Waals surface area contributed by atoms with Crippen LogP contribution in [0.15, 0.2) is 237 Å². The van der Waals surface area contributed by atoms with Crippen LogP contribution < -0.4 is 4.90 Å². The van der Waals surface area contributed by atoms with E-state index in [0.29, 0.717) is 0 Å². The highest BCUT2D eigenvalue weighted by Crippen LogP contribution is 2.48. The molecule has 0 bridgehead atoms. The van der Waals surface area contributed by atoms with Crippen molar-refractivity contribution in [3.63, 3.8) is 0 Å². The minimum Gasteiger partial charge on any atom is -0.309 e. The van der Waals surface area contributed by atoms with Crippen LogP contribution in [-0.4, -0.2) is 0 Å². The summed E-state index contributed by atoms with van der Waals surface area (Å²) in [6.07, 6.45) is 0. The Morgan fingerprint density at radius 2 is 0.702 bits per heavy atom. The fourth-order valence-electron chi connectivity index (χ4n) is 8.37. The van der Waals surface area contributed by atoms with Gasteiger partial charge in [0.05, 0.1) is 11.4 Å². The van der Waals surface area contributed by atoms with Crippen molar-refractivity contribution in [2.45, 2.75) is 0 Å². The van der Waals surface area contributed by atoms with Crippen LogP contribution in [0.4, 0.5) is 17.1 Å². The van der Waals surface area contributed by atoms with Crippen LogP contribution in [0.25, 0.3) is 77.2 Å². The minimum atomic E-state index is 1.08. The van der Waals surface area contributed by atoms with E-state index in [-0.39, 0.29) is 0 Å². The number of para-hydroxylation sites is 1. The third-order valence-electron chi connectivity index (χ3n) is 11.1. The zero-order chi connectivity index (χ0) is 38.0. The van der Waals surface area contributed by atoms with Crippen molar-refractivity contribution in [2.24, 2.45) is 0 Å². The van der Waals surface area contributed by atoms with Crippen molar-refractivity contribution in [2.75, 3.05) is 4.90 Å². The number of fused-ring (bicyclic) bond motifs is 3. The smallest absolute Gasteiger partial charge is 0.0540 e. The molecule has 57 heavy (non-hydrogen) atoms. The van der Waals surface area contributed by atoms with Crippen LogP contribution in [0.5, 0.6) is 0 Å². The Morgan fingerprint density at radius 1 is 0.228 bits per heavy atom. The summed E-state index contributed by atoms with van der Waals surface area (Å²) in [6, 6.07) is 85.7. The molecule has 0 aliphatic heterocycles. The second kappa shape index (κ2) is 15.0. The summed E-state index contributed by atoms with van der Waals surface area (Å²) >= 11 is 0. The Morgan fingerprint density at radius 3 is 1.40 bits per heavy atom. The molecular formula is C56H39N. The number of benzene rings is 10. The molecule has 0 aromatic heterocycles. The third kappa shape index (κ3) is 6.46. The molecule has 10 rings (SSSR count). The SMILES string of the molecule is c1ccc(-c2ccc(N(c3ccc(-c4cc5ccccc5c5ccccc45)cc3)c3ccccc3-c3ccccc3-c3ccccc3)c(-c3ccccc3)c2)cc1. The molecule has 0 heterocycles. The summed E-state index contributed by atoms with van der Waals surface area (Å²) in [5.41, 5.74) is 15.1. The molecule has 0 spiro atoms. The second-order valence-corrected chi connectivity index (χ2v) is 14.5. The van der Waals surface area contributed by atoms with E-state index < -0.39 is 0 Å². The lowest BCUT2D eigenvalue weighted by Crippen LogP contribution is -2.12. The Kier molecular flexibility index (Phi) is 8.95. The van der Waals surface area contributed by atoms with Gasteiger partial charge in [-0.2, -0.15) is 0 Å². The van der Waals surface area contributed by atoms with E-state index in [1.165, 1.54) is 60.5 Å². The van der Waals surface area contributed by atoms with Gasteiger partial charge in [-0.15, -0.1) is 0 Å². The van der Waals surface area contributed by atoms with Gasteiger partial charge in [0.1, 0.15) is 0 Å². The van der Waals surface area contributed by atoms with Gasteiger partial charge in [0.2, 0.25) is 0 Å². The summed E-state index contributed by atoms with van der Waals surface area (Å²) in [5.74, 6) is 0. The normalized spacial score (nSPS) is 11.2. The van der Waals surface area contributed by atoms with Crippen LogP contribution in [0, 0.1) is 0 Å². The lowest BCUT2D eigenvalue weighted by Gasteiger charge is -2.31. The average Bonchev–Trinajstić information content (AvgIpc) is 3.30. The van der Waals surface area contributed by atoms with Gasteiger partial charge in [0.25, 0.3) is 0 Å². The Hall–Kier alpha value is -7.48. The Bertz CT molecular complexity index is 2990. The summed E-state index contributed by atoms with van der Waals surface area (Å²) in [6.45, 7) is 0. The van der Waals surface area contributed by atoms with Gasteiger partial charge in [-0.1, -0.05) is 200 Å². The molecule has 0 aliphatic rings. The Labute approximate surface area is 334 Å². The van der Waals surface area contributed by atoms with Gasteiger partial charge in [-0.05, 0) is 102 Å². The van der Waals surface area contributed by atoms with E-state index >= 15 is 0 Å². The highest BCUT2D eigenvalue weighted by Gasteiger charge is 2.22. The van der Waals surface area contributed by atoms with Gasteiger partial charge >= 0.3 is 0 Å². The topological polar surface area (TPSA) is 3.24 Å². The fraction of sp³-hybridized carbons (Fsp3) is 0. The summed E-state index contributed by atoms with van der Waals surface area (Å²) in [4.78, 5) is 2.45. The molecule has 0 amide bonds. The molecule has 1 nitrogen and oxygen atoms in total. The monoisotopic (exact) mass is 725 g/mol. The molecule has 10 aromatic carbocycles. The van der Waals surface area contributed by atoms with Gasteiger partial charge in [0, 0.05) is 16.8 Å². The fourth-order valence-corrected chi connectivity index (χ4v) is 8.37. The molecule has 0 unspecified atom stereocenters. The average molecular weight is 726 g/mol. The standard InChI is InChI=1S/C56H39N/c1-4-18-40(19-5-1)44-34-37-56(54(38-44)42-22-8-3-9-23-42)57(55-31-17-16-30-52(55)50-28-13-12-25-47(50)41-20-6-2-7-21-41)46-35-32-43(33-36-46)53-39-45-24-10-11-26-48(45)49-27-14-15-29-51(49)53/h1-39H. The van der Waals surface area contributed by atoms with Gasteiger partial charge < -0.3 is 4.90 Å². The molecular weight excluding hydrogens is 687 g/mol. The van der Waals surface area contributed by atoms with Crippen LogP contribution in [0.3, 0.4) is 0 Å². The Balaban J connectivity index is 1.20. The highest BCUT2D eigenvalue weighted by molar-refractivity contribution is 6.14. The van der Waals surface area contributed by atoms with Crippen LogP contribution >= 0.6 is 0 Å². The first kappa shape index (κ1) is 34.0. The molecule has 1 heteroatoms. The van der Waals surface area contributed by atoms with Crippen molar-refractivity contribution < 1.29 is 0 Å². The van der Waals surface area contributed by atoms with Crippen molar-refractivity contribution in [1.82, 2.24) is 0 Å². The number of anilines is 3. The van der Waals surface area contributed by atoms with Crippen molar-refractivity contribution in [3.05, 3.63) is 237 Å². The molecule has 0 aliphatic carbocycles. The molecule has 0 radical (unpaired) electrons. The quantitative estimate of drug-likeness (QED) is 0.141. The largest absolute Gasteiger partial charge is 0.309 e. The van der Waals surface area contributed by atoms with E-state index in [1.54, 1.807) is 0 Å². The van der Waals surface area contributed by atoms with E-state index in [1.807, 2.05) is 0 Å². The van der Waals surface area contributed by atoms with E-state index in [4.69, 9.17) is 0 Å². The zero-order valence-electron chi connectivity index (χ0n) is 31.5. The van der Waals surface area contributed by atoms with Crippen LogP contribution in [-0.2, 0) is 0 Å². The summed E-state index contributed by atoms with van der Waals surface area (Å²) in [5, 5.41) is 5.05. The van der Waals surface area contributed by atoms with Crippen molar-refractivity contribution >= 4 is 38.6 Å². The molecule has 0 atom stereocenters. The first-order chi connectivity index (χ1) is 28.3. The van der Waals surface area contributed by atoms with Crippen molar-refractivity contribution in [1.29, 1.82) is 0 Å². The molecule has 268 valence electrons. The first-order valence-electron chi connectivity index (χ1n) is 19.6. The number of rotatable bonds is 8. The van der Waals surface area contributed by atoms with Gasteiger partial charge in [-0.25, -0.2) is 0 Å². The maximum absolute atomic E-state index is 2.45. The van der Waals surface area contributed by atoms with Crippen LogP contribution in [0.1, 0.15) is 0 Å². The van der Waals surface area contributed by atoms with E-state index in [0.717, 1.165) is 33.8 Å². The maximum Gasteiger partial charge on any atom is 0.0540 e. The second-order valence-electron chi connectivity index (χ2n) is 14.5. The maximum atomic E-state index is 2.45. The lowest BCUT2D eigenvalue weighted by atomic mass is 9.91. The van der Waals surface area contributed by atoms with E-state index in [2.05, 4.69) is 241 Å². The predicted octanol–water partition coefficient (Wildman–Crippen LogP) is 15.8. The highest BCUT2D eigenvalue weighted by atomic mass is 15.1. The number of hydrogen-bond acceptors (Lipinski definition) is 1. The van der Waals surface area contributed by atoms with Crippen LogP contribution in [0.2, 0.25) is 0 Å². The molecule has 0 N–H and O–H groups in total. The molecule has 0 saturated heterocycles. The molecule has 10 aromatic rings. The van der Waals surface area contributed by atoms with Gasteiger partial charge in [0.15, 0.2) is 0 Å². The predicted molar refractivity (Wildman–Crippen MR) is 243 cm³/mol. The van der Waals surface area contributed by atoms with Gasteiger partial charge in [-0.3, -0.25) is 0 Å². The molecule has 0 saturated carbocycles. The first-order valence-corrected chi connectivity index (χ1v) is 19.6. The number of nitrogens with zero attached hydrogens (tertiary/aromatic N) is 1. The lowest BCUT2D eigenvalue weighted by molar-refractivity contribution is 1.28. The summed E-state index contributed by atoms with van der Waals surface area (Å²) < 4.78 is 0. The summed E-state index contributed by atoms with van der Waals surface area (Å²) in [7, 11) is 0. The molecule has 0 fully saturated rings. The number of hydrogen-bond donors (Lipinski definition) is 0. The van der Waals surface area contributed by atoms with Crippen molar-refractivity contribution in [3.8, 4) is 55.6 Å². The van der Waals surface area contributed by atoms with E-state index in [9.17, 15) is 0 Å². The third-order valence-corrected chi connectivity index (χ3v) is 11.1. The zero-order valence-corrected chi connectivity index (χ0v) is 31.5.